The quantitative estimate of drug-likeness (QED) is 0.926. The number of nitrogens with zero attached hydrogens (tertiary/aromatic N) is 2. The molecule has 0 aromatic heterocycles. The molecule has 0 spiro atoms. The van der Waals surface area contributed by atoms with Crippen molar-refractivity contribution in [3.8, 4) is 0 Å². The number of carbonyl (C=O) groups excluding carboxylic acids is 1. The molecule has 0 bridgehead atoms. The van der Waals surface area contributed by atoms with Gasteiger partial charge in [-0.1, -0.05) is 29.8 Å². The van der Waals surface area contributed by atoms with E-state index in [0.717, 1.165) is 12.0 Å². The van der Waals surface area contributed by atoms with Gasteiger partial charge in [-0.25, -0.2) is 4.79 Å². The molecule has 2 amide bonds. The molecule has 2 rings (SSSR count). The van der Waals surface area contributed by atoms with Crippen LogP contribution < -0.4 is 0 Å². The molecule has 21 heavy (non-hydrogen) atoms. The predicted molar refractivity (Wildman–Crippen MR) is 80.0 cm³/mol. The fourth-order valence-corrected chi connectivity index (χ4v) is 2.70. The number of aryl methyl sites for hydroxylation is 1. The van der Waals surface area contributed by atoms with E-state index in [0.29, 0.717) is 19.6 Å². The van der Waals surface area contributed by atoms with Crippen LogP contribution in [-0.2, 0) is 11.3 Å². The van der Waals surface area contributed by atoms with Crippen molar-refractivity contribution < 1.29 is 14.7 Å². The second-order valence-corrected chi connectivity index (χ2v) is 5.82. The Morgan fingerprint density at radius 2 is 2.00 bits per heavy atom. The summed E-state index contributed by atoms with van der Waals surface area (Å²) in [6.07, 6.45) is 0.919. The lowest BCUT2D eigenvalue weighted by atomic mass is 10.1. The maximum atomic E-state index is 12.4. The topological polar surface area (TPSA) is 60.9 Å². The minimum atomic E-state index is -0.790. The first-order valence-electron chi connectivity index (χ1n) is 7.23. The van der Waals surface area contributed by atoms with Gasteiger partial charge in [-0.2, -0.15) is 0 Å². The average Bonchev–Trinajstić information content (AvgIpc) is 2.88. The van der Waals surface area contributed by atoms with E-state index in [9.17, 15) is 9.59 Å². The summed E-state index contributed by atoms with van der Waals surface area (Å²) in [5.41, 5.74) is 2.29. The van der Waals surface area contributed by atoms with Gasteiger partial charge < -0.3 is 14.9 Å². The molecule has 0 saturated carbocycles. The van der Waals surface area contributed by atoms with Gasteiger partial charge in [0.25, 0.3) is 0 Å². The third-order valence-corrected chi connectivity index (χ3v) is 3.89. The zero-order valence-corrected chi connectivity index (χ0v) is 12.6. The Kier molecular flexibility index (Phi) is 4.83. The van der Waals surface area contributed by atoms with Crippen molar-refractivity contribution in [2.24, 2.45) is 5.92 Å². The molecule has 1 aromatic carbocycles. The van der Waals surface area contributed by atoms with E-state index in [1.54, 1.807) is 16.8 Å². The SMILES string of the molecule is Cc1ccc(CN(C)C(=O)N2CCC(CC(=O)O)C2)cc1. The molecule has 1 saturated heterocycles. The second-order valence-electron chi connectivity index (χ2n) is 5.82. The zero-order valence-electron chi connectivity index (χ0n) is 12.6. The Labute approximate surface area is 125 Å². The standard InChI is InChI=1S/C16H22N2O3/c1-12-3-5-13(6-4-12)10-17(2)16(21)18-8-7-14(11-18)9-15(19)20/h3-6,14H,7-11H2,1-2H3,(H,19,20). The lowest BCUT2D eigenvalue weighted by Crippen LogP contribution is -2.39. The Morgan fingerprint density at radius 1 is 1.33 bits per heavy atom. The van der Waals surface area contributed by atoms with Gasteiger partial charge >= 0.3 is 12.0 Å². The summed E-state index contributed by atoms with van der Waals surface area (Å²) in [5, 5.41) is 8.81. The summed E-state index contributed by atoms with van der Waals surface area (Å²) >= 11 is 0. The number of carboxylic acids is 1. The van der Waals surface area contributed by atoms with Crippen LogP contribution in [0.25, 0.3) is 0 Å². The molecule has 5 heteroatoms. The highest BCUT2D eigenvalue weighted by atomic mass is 16.4. The van der Waals surface area contributed by atoms with Gasteiger partial charge in [-0.3, -0.25) is 4.79 Å². The van der Waals surface area contributed by atoms with E-state index in [4.69, 9.17) is 5.11 Å². The normalized spacial score (nSPS) is 17.8. The van der Waals surface area contributed by atoms with Crippen molar-refractivity contribution in [1.82, 2.24) is 9.80 Å². The Balaban J connectivity index is 1.88. The van der Waals surface area contributed by atoms with Crippen molar-refractivity contribution in [1.29, 1.82) is 0 Å². The highest BCUT2D eigenvalue weighted by Gasteiger charge is 2.29. The monoisotopic (exact) mass is 290 g/mol. The maximum Gasteiger partial charge on any atom is 0.320 e. The highest BCUT2D eigenvalue weighted by molar-refractivity contribution is 5.74. The van der Waals surface area contributed by atoms with Crippen molar-refractivity contribution >= 4 is 12.0 Å². The number of carbonyl (C=O) groups is 2. The summed E-state index contributed by atoms with van der Waals surface area (Å²) in [6, 6.07) is 8.09. The first-order valence-corrected chi connectivity index (χ1v) is 7.23. The van der Waals surface area contributed by atoms with E-state index in [-0.39, 0.29) is 18.4 Å². The number of rotatable bonds is 4. The summed E-state index contributed by atoms with van der Waals surface area (Å²) in [5.74, 6) is -0.707. The lowest BCUT2D eigenvalue weighted by molar-refractivity contribution is -0.138. The van der Waals surface area contributed by atoms with E-state index in [2.05, 4.69) is 0 Å². The molecule has 1 fully saturated rings. The number of amides is 2. The van der Waals surface area contributed by atoms with E-state index in [1.165, 1.54) is 5.56 Å². The fraction of sp³-hybridized carbons (Fsp3) is 0.500. The Morgan fingerprint density at radius 3 is 2.62 bits per heavy atom. The predicted octanol–water partition coefficient (Wildman–Crippen LogP) is 2.34. The van der Waals surface area contributed by atoms with Crippen LogP contribution in [0.15, 0.2) is 24.3 Å². The van der Waals surface area contributed by atoms with E-state index in [1.807, 2.05) is 31.2 Å². The zero-order chi connectivity index (χ0) is 15.4. The van der Waals surface area contributed by atoms with Crippen LogP contribution in [0, 0.1) is 12.8 Å². The van der Waals surface area contributed by atoms with Gasteiger partial charge in [0, 0.05) is 33.1 Å². The molecule has 1 N–H and O–H groups in total. The summed E-state index contributed by atoms with van der Waals surface area (Å²) < 4.78 is 0. The minimum Gasteiger partial charge on any atom is -0.481 e. The molecule has 1 aliphatic rings. The van der Waals surface area contributed by atoms with Crippen LogP contribution in [0.4, 0.5) is 4.79 Å². The molecular weight excluding hydrogens is 268 g/mol. The van der Waals surface area contributed by atoms with Gasteiger partial charge in [0.15, 0.2) is 0 Å². The first-order chi connectivity index (χ1) is 9.95. The van der Waals surface area contributed by atoms with Crippen LogP contribution in [0.2, 0.25) is 0 Å². The van der Waals surface area contributed by atoms with Crippen LogP contribution in [-0.4, -0.2) is 47.0 Å². The van der Waals surface area contributed by atoms with Crippen molar-refractivity contribution in [2.75, 3.05) is 20.1 Å². The molecule has 1 aliphatic heterocycles. The first kappa shape index (κ1) is 15.4. The smallest absolute Gasteiger partial charge is 0.320 e. The van der Waals surface area contributed by atoms with Crippen molar-refractivity contribution in [3.05, 3.63) is 35.4 Å². The van der Waals surface area contributed by atoms with E-state index >= 15 is 0 Å². The number of benzene rings is 1. The van der Waals surface area contributed by atoms with Crippen LogP contribution in [0.3, 0.4) is 0 Å². The second kappa shape index (κ2) is 6.61. The molecule has 114 valence electrons. The molecule has 1 unspecified atom stereocenters. The van der Waals surface area contributed by atoms with Gasteiger partial charge in [0.2, 0.25) is 0 Å². The average molecular weight is 290 g/mol. The van der Waals surface area contributed by atoms with Crippen molar-refractivity contribution in [3.63, 3.8) is 0 Å². The van der Waals surface area contributed by atoms with E-state index < -0.39 is 5.97 Å². The highest BCUT2D eigenvalue weighted by Crippen LogP contribution is 2.21. The van der Waals surface area contributed by atoms with Gasteiger partial charge in [0.1, 0.15) is 0 Å². The third-order valence-electron chi connectivity index (χ3n) is 3.89. The molecular formula is C16H22N2O3. The summed E-state index contributed by atoms with van der Waals surface area (Å²) in [6.45, 7) is 3.79. The summed E-state index contributed by atoms with van der Waals surface area (Å²) in [4.78, 5) is 26.5. The molecule has 1 aromatic rings. The van der Waals surface area contributed by atoms with Crippen molar-refractivity contribution in [2.45, 2.75) is 26.3 Å². The Hall–Kier alpha value is -2.04. The number of hydrogen-bond donors (Lipinski definition) is 1. The molecule has 1 heterocycles. The number of carboxylic acid groups (broad SMARTS) is 1. The van der Waals surface area contributed by atoms with Gasteiger partial charge in [-0.05, 0) is 24.8 Å². The third kappa shape index (κ3) is 4.21. The Bertz CT molecular complexity index is 513. The number of hydrogen-bond acceptors (Lipinski definition) is 2. The summed E-state index contributed by atoms with van der Waals surface area (Å²) in [7, 11) is 1.78. The van der Waals surface area contributed by atoms with Gasteiger partial charge in [-0.15, -0.1) is 0 Å². The molecule has 1 atom stereocenters. The molecule has 5 nitrogen and oxygen atoms in total. The number of likely N-dealkylation sites (tertiary alicyclic amines) is 1. The van der Waals surface area contributed by atoms with Crippen LogP contribution >= 0.6 is 0 Å². The maximum absolute atomic E-state index is 12.4. The number of aliphatic carboxylic acids is 1. The van der Waals surface area contributed by atoms with Crippen LogP contribution in [0.1, 0.15) is 24.0 Å². The molecule has 0 aliphatic carbocycles. The number of urea groups is 1. The van der Waals surface area contributed by atoms with Gasteiger partial charge in [0.05, 0.1) is 0 Å². The van der Waals surface area contributed by atoms with Crippen LogP contribution in [0.5, 0.6) is 0 Å². The minimum absolute atomic E-state index is 0.0246. The largest absolute Gasteiger partial charge is 0.481 e. The lowest BCUT2D eigenvalue weighted by Gasteiger charge is -2.24. The molecule has 0 radical (unpaired) electrons. The fourth-order valence-electron chi connectivity index (χ4n) is 2.70.